The Kier molecular flexibility index (Phi) is 3.69. The molecular weight excluding hydrogens is 176 g/mol. The zero-order valence-corrected chi connectivity index (χ0v) is 9.31. The molecule has 0 unspecified atom stereocenters. The van der Waals surface area contributed by atoms with Crippen LogP contribution in [0.5, 0.6) is 0 Å². The minimum absolute atomic E-state index is 0.122. The van der Waals surface area contributed by atoms with Crippen LogP contribution in [0, 0.1) is 5.41 Å². The van der Waals surface area contributed by atoms with Gasteiger partial charge in [0.1, 0.15) is 0 Å². The Morgan fingerprint density at radius 3 is 2.79 bits per heavy atom. The van der Waals surface area contributed by atoms with Crippen LogP contribution in [0.2, 0.25) is 0 Å². The Hall–Kier alpha value is -0.830. The molecule has 1 rings (SSSR count). The van der Waals surface area contributed by atoms with E-state index in [0.29, 0.717) is 6.54 Å². The molecule has 0 aliphatic carbocycles. The van der Waals surface area contributed by atoms with Crippen LogP contribution < -0.4 is 10.6 Å². The van der Waals surface area contributed by atoms with Gasteiger partial charge in [-0.3, -0.25) is 4.79 Å². The van der Waals surface area contributed by atoms with Crippen molar-refractivity contribution in [3.8, 4) is 0 Å². The van der Waals surface area contributed by atoms with E-state index in [1.165, 1.54) is 5.57 Å². The smallest absolute Gasteiger partial charge is 0.225 e. The van der Waals surface area contributed by atoms with Crippen LogP contribution in [0.3, 0.4) is 0 Å². The highest BCUT2D eigenvalue weighted by Crippen LogP contribution is 2.13. The summed E-state index contributed by atoms with van der Waals surface area (Å²) in [5.74, 6) is 0.122. The van der Waals surface area contributed by atoms with Gasteiger partial charge in [-0.2, -0.15) is 0 Å². The number of carbonyl (C=O) groups excluding carboxylic acids is 1. The zero-order valence-electron chi connectivity index (χ0n) is 9.31. The first kappa shape index (κ1) is 11.2. The van der Waals surface area contributed by atoms with Crippen molar-refractivity contribution >= 4 is 5.91 Å². The van der Waals surface area contributed by atoms with Gasteiger partial charge < -0.3 is 10.6 Å². The molecule has 1 aliphatic heterocycles. The molecule has 0 fully saturated rings. The van der Waals surface area contributed by atoms with E-state index in [4.69, 9.17) is 0 Å². The molecule has 0 aromatic heterocycles. The first-order valence-corrected chi connectivity index (χ1v) is 5.17. The second-order valence-corrected chi connectivity index (χ2v) is 4.75. The van der Waals surface area contributed by atoms with Crippen molar-refractivity contribution in [3.05, 3.63) is 11.6 Å². The Bertz CT molecular complexity index is 238. The maximum absolute atomic E-state index is 11.6. The van der Waals surface area contributed by atoms with E-state index >= 15 is 0 Å². The van der Waals surface area contributed by atoms with Gasteiger partial charge >= 0.3 is 0 Å². The summed E-state index contributed by atoms with van der Waals surface area (Å²) < 4.78 is 0. The molecule has 1 aliphatic rings. The fourth-order valence-electron chi connectivity index (χ4n) is 1.29. The number of carbonyl (C=O) groups is 1. The maximum atomic E-state index is 11.6. The van der Waals surface area contributed by atoms with Crippen LogP contribution in [0.1, 0.15) is 27.2 Å². The van der Waals surface area contributed by atoms with Crippen molar-refractivity contribution in [2.75, 3.05) is 19.6 Å². The second-order valence-electron chi connectivity index (χ2n) is 4.75. The Morgan fingerprint density at radius 2 is 2.29 bits per heavy atom. The molecule has 3 heteroatoms. The van der Waals surface area contributed by atoms with E-state index in [2.05, 4.69) is 16.7 Å². The summed E-state index contributed by atoms with van der Waals surface area (Å²) >= 11 is 0. The molecule has 0 radical (unpaired) electrons. The highest BCUT2D eigenvalue weighted by molar-refractivity contribution is 5.81. The van der Waals surface area contributed by atoms with Crippen LogP contribution in [-0.2, 0) is 4.79 Å². The van der Waals surface area contributed by atoms with E-state index in [1.807, 2.05) is 20.8 Å². The molecule has 3 nitrogen and oxygen atoms in total. The third-order valence-corrected chi connectivity index (χ3v) is 2.32. The fraction of sp³-hybridized carbons (Fsp3) is 0.727. The van der Waals surface area contributed by atoms with Gasteiger partial charge in [0.2, 0.25) is 5.91 Å². The highest BCUT2D eigenvalue weighted by Gasteiger charge is 2.20. The lowest BCUT2D eigenvalue weighted by atomic mass is 9.95. The van der Waals surface area contributed by atoms with Crippen LogP contribution >= 0.6 is 0 Å². The normalized spacial score (nSPS) is 17.5. The number of nitrogens with one attached hydrogen (secondary N) is 2. The van der Waals surface area contributed by atoms with Crippen molar-refractivity contribution in [2.24, 2.45) is 5.41 Å². The Morgan fingerprint density at radius 1 is 1.57 bits per heavy atom. The summed E-state index contributed by atoms with van der Waals surface area (Å²) in [7, 11) is 0. The van der Waals surface area contributed by atoms with Crippen LogP contribution in [0.15, 0.2) is 11.6 Å². The quantitative estimate of drug-likeness (QED) is 0.649. The fourth-order valence-corrected chi connectivity index (χ4v) is 1.29. The predicted molar refractivity (Wildman–Crippen MR) is 58.0 cm³/mol. The van der Waals surface area contributed by atoms with Crippen molar-refractivity contribution < 1.29 is 4.79 Å². The Balaban J connectivity index is 2.33. The molecule has 14 heavy (non-hydrogen) atoms. The average molecular weight is 196 g/mol. The van der Waals surface area contributed by atoms with Crippen molar-refractivity contribution in [3.63, 3.8) is 0 Å². The average Bonchev–Trinajstić information content (AvgIpc) is 2.14. The lowest BCUT2D eigenvalue weighted by Crippen LogP contribution is -2.37. The summed E-state index contributed by atoms with van der Waals surface area (Å²) in [5.41, 5.74) is 1.05. The van der Waals surface area contributed by atoms with Gasteiger partial charge in [0.25, 0.3) is 0 Å². The van der Waals surface area contributed by atoms with Gasteiger partial charge in [-0.25, -0.2) is 0 Å². The van der Waals surface area contributed by atoms with Gasteiger partial charge in [0, 0.05) is 18.5 Å². The van der Waals surface area contributed by atoms with E-state index in [1.54, 1.807) is 0 Å². The molecule has 0 saturated heterocycles. The number of hydrogen-bond acceptors (Lipinski definition) is 2. The van der Waals surface area contributed by atoms with Crippen LogP contribution in [0.25, 0.3) is 0 Å². The summed E-state index contributed by atoms with van der Waals surface area (Å²) in [6, 6.07) is 0. The monoisotopic (exact) mass is 196 g/mol. The van der Waals surface area contributed by atoms with Crippen LogP contribution in [-0.4, -0.2) is 25.5 Å². The zero-order chi connectivity index (χ0) is 10.6. The minimum atomic E-state index is -0.284. The van der Waals surface area contributed by atoms with Crippen molar-refractivity contribution in [1.29, 1.82) is 0 Å². The predicted octanol–water partition coefficient (Wildman–Crippen LogP) is 1.07. The maximum Gasteiger partial charge on any atom is 0.225 e. The van der Waals surface area contributed by atoms with Crippen molar-refractivity contribution in [2.45, 2.75) is 27.2 Å². The second kappa shape index (κ2) is 4.60. The molecule has 0 spiro atoms. The molecule has 1 heterocycles. The topological polar surface area (TPSA) is 41.1 Å². The first-order chi connectivity index (χ1) is 6.50. The largest absolute Gasteiger partial charge is 0.352 e. The van der Waals surface area contributed by atoms with E-state index in [9.17, 15) is 4.79 Å². The number of rotatable bonds is 2. The summed E-state index contributed by atoms with van der Waals surface area (Å²) in [6.07, 6.45) is 3.21. The van der Waals surface area contributed by atoms with Gasteiger partial charge in [0.05, 0.1) is 0 Å². The van der Waals surface area contributed by atoms with E-state index < -0.39 is 0 Å². The molecule has 0 atom stereocenters. The summed E-state index contributed by atoms with van der Waals surface area (Å²) in [5, 5.41) is 6.20. The highest BCUT2D eigenvalue weighted by atomic mass is 16.2. The third kappa shape index (κ3) is 3.50. The third-order valence-electron chi connectivity index (χ3n) is 2.32. The Labute approximate surface area is 86.0 Å². The first-order valence-electron chi connectivity index (χ1n) is 5.17. The van der Waals surface area contributed by atoms with Gasteiger partial charge in [-0.05, 0) is 13.0 Å². The molecule has 0 saturated carbocycles. The van der Waals surface area contributed by atoms with Gasteiger partial charge in [-0.15, -0.1) is 0 Å². The van der Waals surface area contributed by atoms with Crippen molar-refractivity contribution in [1.82, 2.24) is 10.6 Å². The summed E-state index contributed by atoms with van der Waals surface area (Å²) in [6.45, 7) is 8.45. The van der Waals surface area contributed by atoms with E-state index in [0.717, 1.165) is 19.5 Å². The SMILES string of the molecule is CC(C)(C)C(=O)NCC1=CCNCC1. The molecule has 0 bridgehead atoms. The van der Waals surface area contributed by atoms with Crippen LogP contribution in [0.4, 0.5) is 0 Å². The summed E-state index contributed by atoms with van der Waals surface area (Å²) in [4.78, 5) is 11.6. The molecule has 0 aromatic rings. The lowest BCUT2D eigenvalue weighted by Gasteiger charge is -2.20. The number of hydrogen-bond donors (Lipinski definition) is 2. The molecule has 80 valence electrons. The number of amides is 1. The molecule has 0 aromatic carbocycles. The molecule has 2 N–H and O–H groups in total. The standard InChI is InChI=1S/C11H20N2O/c1-11(2,3)10(14)13-8-9-4-6-12-7-5-9/h4,12H,5-8H2,1-3H3,(H,13,14). The molecular formula is C11H20N2O. The lowest BCUT2D eigenvalue weighted by molar-refractivity contribution is -0.128. The molecule has 1 amide bonds. The minimum Gasteiger partial charge on any atom is -0.352 e. The van der Waals surface area contributed by atoms with E-state index in [-0.39, 0.29) is 11.3 Å². The van der Waals surface area contributed by atoms with Gasteiger partial charge in [-0.1, -0.05) is 32.4 Å². The van der Waals surface area contributed by atoms with Gasteiger partial charge in [0.15, 0.2) is 0 Å².